The summed E-state index contributed by atoms with van der Waals surface area (Å²) in [6.07, 6.45) is 0.646. The smallest absolute Gasteiger partial charge is 0.257 e. The molecule has 0 saturated carbocycles. The molecule has 1 aliphatic heterocycles. The number of fused-ring (bicyclic) bond motifs is 1. The number of benzene rings is 3. The lowest BCUT2D eigenvalue weighted by molar-refractivity contribution is -0.134. The Balaban J connectivity index is 1.62. The van der Waals surface area contributed by atoms with Crippen LogP contribution in [0.25, 0.3) is 10.8 Å². The molecule has 3 aromatic carbocycles. The lowest BCUT2D eigenvalue weighted by atomic mass is 9.97. The molecule has 6 nitrogen and oxygen atoms in total. The van der Waals surface area contributed by atoms with Gasteiger partial charge in [-0.15, -0.1) is 0 Å². The van der Waals surface area contributed by atoms with E-state index in [1.54, 1.807) is 24.0 Å². The number of rotatable bonds is 6. The molecule has 1 heterocycles. The molecule has 1 unspecified atom stereocenters. The van der Waals surface area contributed by atoms with E-state index in [4.69, 9.17) is 5.10 Å². The van der Waals surface area contributed by atoms with Gasteiger partial charge in [-0.05, 0) is 35.0 Å². The fourth-order valence-electron chi connectivity index (χ4n) is 3.90. The highest BCUT2D eigenvalue weighted by Gasteiger charge is 2.33. The number of hydrogen-bond acceptors (Lipinski definition) is 4. The van der Waals surface area contributed by atoms with Crippen molar-refractivity contribution in [2.45, 2.75) is 12.5 Å². The Morgan fingerprint density at radius 1 is 1.00 bits per heavy atom. The molecule has 1 N–H and O–H groups in total. The van der Waals surface area contributed by atoms with Crippen LogP contribution in [-0.4, -0.2) is 54.6 Å². The zero-order valence-electron chi connectivity index (χ0n) is 17.8. The summed E-state index contributed by atoms with van der Waals surface area (Å²) in [7, 11) is 3.35. The molecule has 0 spiro atoms. The third kappa shape index (κ3) is 4.64. The fraction of sp³-hybridized carbons (Fsp3) is 0.240. The molecular formula is C25H26N4O2. The number of carbonyl (C=O) groups excluding carboxylic acids is 2. The summed E-state index contributed by atoms with van der Waals surface area (Å²) in [4.78, 5) is 26.5. The van der Waals surface area contributed by atoms with Crippen molar-refractivity contribution in [2.75, 3.05) is 27.2 Å². The lowest BCUT2D eigenvalue weighted by Crippen LogP contribution is -2.40. The highest BCUT2D eigenvalue weighted by Crippen LogP contribution is 2.33. The molecule has 0 aliphatic carbocycles. The van der Waals surface area contributed by atoms with E-state index < -0.39 is 0 Å². The van der Waals surface area contributed by atoms with Gasteiger partial charge in [0.25, 0.3) is 5.91 Å². The number of nitrogens with one attached hydrogen (secondary N) is 1. The molecule has 0 aromatic heterocycles. The molecule has 0 fully saturated rings. The Hall–Kier alpha value is -3.51. The van der Waals surface area contributed by atoms with Crippen LogP contribution in [0.1, 0.15) is 23.6 Å². The summed E-state index contributed by atoms with van der Waals surface area (Å²) in [5, 5.41) is 11.2. The first-order chi connectivity index (χ1) is 15.0. The van der Waals surface area contributed by atoms with E-state index in [1.165, 1.54) is 5.39 Å². The van der Waals surface area contributed by atoms with Crippen molar-refractivity contribution in [3.63, 3.8) is 0 Å². The topological polar surface area (TPSA) is 65.0 Å². The second-order valence-electron chi connectivity index (χ2n) is 7.82. The van der Waals surface area contributed by atoms with Crippen LogP contribution in [0.3, 0.4) is 0 Å². The van der Waals surface area contributed by atoms with Crippen molar-refractivity contribution in [3.05, 3.63) is 83.9 Å². The molecule has 2 amide bonds. The Bertz CT molecular complexity index is 1130. The van der Waals surface area contributed by atoms with Gasteiger partial charge in [0, 0.05) is 13.5 Å². The first-order valence-corrected chi connectivity index (χ1v) is 10.4. The average Bonchev–Trinajstić information content (AvgIpc) is 3.25. The number of hydrogen-bond donors (Lipinski definition) is 1. The molecule has 158 valence electrons. The molecule has 31 heavy (non-hydrogen) atoms. The summed E-state index contributed by atoms with van der Waals surface area (Å²) in [6.45, 7) is 0.276. The van der Waals surface area contributed by atoms with Crippen LogP contribution in [0.5, 0.6) is 0 Å². The average molecular weight is 415 g/mol. The highest BCUT2D eigenvalue weighted by atomic mass is 16.2. The fourth-order valence-corrected chi connectivity index (χ4v) is 3.90. The minimum absolute atomic E-state index is 0.116. The Kier molecular flexibility index (Phi) is 6.09. The molecule has 0 radical (unpaired) electrons. The predicted molar refractivity (Wildman–Crippen MR) is 123 cm³/mol. The van der Waals surface area contributed by atoms with Gasteiger partial charge in [-0.1, -0.05) is 66.7 Å². The molecule has 3 aromatic rings. The summed E-state index contributed by atoms with van der Waals surface area (Å²) in [6, 6.07) is 24.3. The van der Waals surface area contributed by atoms with Gasteiger partial charge in [0.15, 0.2) is 0 Å². The van der Waals surface area contributed by atoms with Gasteiger partial charge in [0.1, 0.15) is 0 Å². The maximum atomic E-state index is 13.1. The van der Waals surface area contributed by atoms with Crippen molar-refractivity contribution in [3.8, 4) is 0 Å². The van der Waals surface area contributed by atoms with E-state index >= 15 is 0 Å². The summed E-state index contributed by atoms with van der Waals surface area (Å²) in [5.74, 6) is -0.257. The Labute approximate surface area is 182 Å². The number of likely N-dealkylation sites (N-methyl/N-ethyl adjacent to an activating group) is 2. The van der Waals surface area contributed by atoms with Crippen LogP contribution in [-0.2, 0) is 9.59 Å². The first kappa shape index (κ1) is 20.8. The zero-order chi connectivity index (χ0) is 21.8. The van der Waals surface area contributed by atoms with Gasteiger partial charge in [0.05, 0.1) is 24.8 Å². The molecule has 1 aliphatic rings. The van der Waals surface area contributed by atoms with Crippen LogP contribution in [0.2, 0.25) is 0 Å². The van der Waals surface area contributed by atoms with Gasteiger partial charge in [-0.2, -0.15) is 5.10 Å². The maximum absolute atomic E-state index is 13.1. The van der Waals surface area contributed by atoms with E-state index in [0.29, 0.717) is 6.42 Å². The summed E-state index contributed by atoms with van der Waals surface area (Å²) < 4.78 is 0. The van der Waals surface area contributed by atoms with Gasteiger partial charge in [0.2, 0.25) is 5.91 Å². The van der Waals surface area contributed by atoms with Crippen molar-refractivity contribution in [2.24, 2.45) is 5.10 Å². The maximum Gasteiger partial charge on any atom is 0.257 e. The highest BCUT2D eigenvalue weighted by molar-refractivity contribution is 6.05. The molecule has 4 rings (SSSR count). The first-order valence-electron chi connectivity index (χ1n) is 10.4. The second-order valence-corrected chi connectivity index (χ2v) is 7.82. The van der Waals surface area contributed by atoms with Crippen LogP contribution in [0, 0.1) is 0 Å². The standard InChI is InChI=1S/C25H26N4O2/c1-26-24(30)16-28(2)17-25(31)29-23(19-9-4-3-5-10-19)15-22(27-29)21-13-12-18-8-6-7-11-20(18)14-21/h3-14,23H,15-17H2,1-2H3,(H,26,30). The van der Waals surface area contributed by atoms with E-state index in [-0.39, 0.29) is 30.9 Å². The van der Waals surface area contributed by atoms with E-state index in [0.717, 1.165) is 22.2 Å². The van der Waals surface area contributed by atoms with E-state index in [2.05, 4.69) is 35.6 Å². The number of hydrazone groups is 1. The Morgan fingerprint density at radius 2 is 1.71 bits per heavy atom. The second kappa shape index (κ2) is 9.10. The van der Waals surface area contributed by atoms with Crippen LogP contribution < -0.4 is 5.32 Å². The quantitative estimate of drug-likeness (QED) is 0.674. The van der Waals surface area contributed by atoms with Crippen LogP contribution in [0.15, 0.2) is 77.9 Å². The normalized spacial score (nSPS) is 15.9. The predicted octanol–water partition coefficient (Wildman–Crippen LogP) is 3.20. The van der Waals surface area contributed by atoms with Crippen molar-refractivity contribution < 1.29 is 9.59 Å². The van der Waals surface area contributed by atoms with Crippen molar-refractivity contribution in [1.29, 1.82) is 0 Å². The molecule has 1 atom stereocenters. The van der Waals surface area contributed by atoms with Gasteiger partial charge >= 0.3 is 0 Å². The zero-order valence-corrected chi connectivity index (χ0v) is 17.8. The third-order valence-corrected chi connectivity index (χ3v) is 5.53. The van der Waals surface area contributed by atoms with Crippen molar-refractivity contribution in [1.82, 2.24) is 15.2 Å². The van der Waals surface area contributed by atoms with E-state index in [1.807, 2.05) is 42.5 Å². The number of nitrogens with zero attached hydrogens (tertiary/aromatic N) is 3. The summed E-state index contributed by atoms with van der Waals surface area (Å²) >= 11 is 0. The monoisotopic (exact) mass is 414 g/mol. The Morgan fingerprint density at radius 3 is 2.45 bits per heavy atom. The molecular weight excluding hydrogens is 388 g/mol. The number of carbonyl (C=O) groups is 2. The minimum atomic E-state index is -0.163. The third-order valence-electron chi connectivity index (χ3n) is 5.53. The summed E-state index contributed by atoms with van der Waals surface area (Å²) in [5.41, 5.74) is 2.96. The van der Waals surface area contributed by atoms with E-state index in [9.17, 15) is 9.59 Å². The van der Waals surface area contributed by atoms with Crippen molar-refractivity contribution >= 4 is 28.3 Å². The largest absolute Gasteiger partial charge is 0.358 e. The lowest BCUT2D eigenvalue weighted by Gasteiger charge is -2.24. The molecule has 0 bridgehead atoms. The minimum Gasteiger partial charge on any atom is -0.358 e. The SMILES string of the molecule is CNC(=O)CN(C)CC(=O)N1N=C(c2ccc3ccccc3c2)CC1c1ccccc1. The molecule has 0 saturated heterocycles. The molecule has 6 heteroatoms. The number of amides is 2. The van der Waals surface area contributed by atoms with Gasteiger partial charge in [-0.25, -0.2) is 5.01 Å². The van der Waals surface area contributed by atoms with Crippen LogP contribution >= 0.6 is 0 Å². The van der Waals surface area contributed by atoms with Crippen LogP contribution in [0.4, 0.5) is 0 Å². The van der Waals surface area contributed by atoms with Gasteiger partial charge < -0.3 is 5.32 Å². The van der Waals surface area contributed by atoms with Gasteiger partial charge in [-0.3, -0.25) is 14.5 Å².